The zero-order valence-electron chi connectivity index (χ0n) is 11.7. The van der Waals surface area contributed by atoms with Gasteiger partial charge in [0.25, 0.3) is 0 Å². The van der Waals surface area contributed by atoms with Crippen LogP contribution < -0.4 is 5.73 Å². The van der Waals surface area contributed by atoms with Crippen LogP contribution in [0.1, 0.15) is 19.4 Å². The van der Waals surface area contributed by atoms with Gasteiger partial charge >= 0.3 is 0 Å². The van der Waals surface area contributed by atoms with E-state index in [2.05, 4.69) is 47.2 Å². The number of rotatable bonds is 3. The van der Waals surface area contributed by atoms with Gasteiger partial charge in [-0.05, 0) is 18.4 Å². The topological polar surface area (TPSA) is 67.6 Å². The maximum Gasteiger partial charge on any atom is 0.149 e. The molecular formula is C16H18N4. The number of pyridine rings is 1. The van der Waals surface area contributed by atoms with Gasteiger partial charge in [0.2, 0.25) is 0 Å². The summed E-state index contributed by atoms with van der Waals surface area (Å²) in [4.78, 5) is 4.50. The summed E-state index contributed by atoms with van der Waals surface area (Å²) in [7, 11) is 0. The quantitative estimate of drug-likeness (QED) is 0.763. The highest BCUT2D eigenvalue weighted by Gasteiger charge is 2.16. The molecule has 0 aliphatic heterocycles. The van der Waals surface area contributed by atoms with Crippen LogP contribution in [0.25, 0.3) is 22.2 Å². The summed E-state index contributed by atoms with van der Waals surface area (Å²) in [5, 5.41) is 8.37. The summed E-state index contributed by atoms with van der Waals surface area (Å²) < 4.78 is 0. The summed E-state index contributed by atoms with van der Waals surface area (Å²) in [6.07, 6.45) is 2.72. The second-order valence-electron chi connectivity index (χ2n) is 5.44. The number of H-pyrrole nitrogens is 1. The predicted molar refractivity (Wildman–Crippen MR) is 82.3 cm³/mol. The number of benzene rings is 1. The fraction of sp³-hybridized carbons (Fsp3) is 0.250. The summed E-state index contributed by atoms with van der Waals surface area (Å²) in [5.74, 6) is 1.11. The van der Waals surface area contributed by atoms with Crippen molar-refractivity contribution in [3.05, 3.63) is 42.1 Å². The van der Waals surface area contributed by atoms with E-state index in [9.17, 15) is 0 Å². The molecule has 1 aromatic carbocycles. The first-order chi connectivity index (χ1) is 9.66. The molecule has 20 heavy (non-hydrogen) atoms. The standard InChI is InChI=1S/C16H18N4/c1-10(2)9-13-15(19-20-16(13)17)12-7-3-5-11-6-4-8-18-14(11)12/h3-8,10H,9H2,1-2H3,(H3,17,19,20). The molecule has 4 heteroatoms. The predicted octanol–water partition coefficient (Wildman–Crippen LogP) is 3.41. The average molecular weight is 266 g/mol. The Balaban J connectivity index is 2.21. The molecule has 0 saturated carbocycles. The second-order valence-corrected chi connectivity index (χ2v) is 5.44. The van der Waals surface area contributed by atoms with E-state index in [-0.39, 0.29) is 0 Å². The highest BCUT2D eigenvalue weighted by molar-refractivity contribution is 5.93. The van der Waals surface area contributed by atoms with Gasteiger partial charge in [-0.1, -0.05) is 38.1 Å². The van der Waals surface area contributed by atoms with Gasteiger partial charge in [0.05, 0.1) is 11.2 Å². The Labute approximate surface area is 118 Å². The smallest absolute Gasteiger partial charge is 0.149 e. The van der Waals surface area contributed by atoms with Crippen molar-refractivity contribution in [2.75, 3.05) is 5.73 Å². The van der Waals surface area contributed by atoms with Crippen molar-refractivity contribution < 1.29 is 0 Å². The maximum absolute atomic E-state index is 6.01. The number of fused-ring (bicyclic) bond motifs is 1. The zero-order chi connectivity index (χ0) is 14.1. The number of para-hydroxylation sites is 1. The number of hydrogen-bond acceptors (Lipinski definition) is 3. The van der Waals surface area contributed by atoms with Crippen LogP contribution in [0.5, 0.6) is 0 Å². The fourth-order valence-corrected chi connectivity index (χ4v) is 2.52. The third-order valence-corrected chi connectivity index (χ3v) is 3.41. The van der Waals surface area contributed by atoms with Crippen LogP contribution in [0.4, 0.5) is 5.82 Å². The molecule has 0 fully saturated rings. The molecule has 3 rings (SSSR count). The minimum Gasteiger partial charge on any atom is -0.382 e. The summed E-state index contributed by atoms with van der Waals surface area (Å²) in [6.45, 7) is 4.36. The molecule has 0 radical (unpaired) electrons. The molecule has 0 amide bonds. The highest BCUT2D eigenvalue weighted by atomic mass is 15.2. The maximum atomic E-state index is 6.01. The van der Waals surface area contributed by atoms with Crippen LogP contribution in [0.3, 0.4) is 0 Å². The SMILES string of the molecule is CC(C)Cc1c(N)n[nH]c1-c1cccc2cccnc12. The molecule has 3 aromatic rings. The van der Waals surface area contributed by atoms with E-state index in [1.54, 1.807) is 0 Å². The Morgan fingerprint density at radius 2 is 2.00 bits per heavy atom. The van der Waals surface area contributed by atoms with Crippen LogP contribution >= 0.6 is 0 Å². The van der Waals surface area contributed by atoms with E-state index in [0.717, 1.165) is 34.1 Å². The average Bonchev–Trinajstić information content (AvgIpc) is 2.79. The fourth-order valence-electron chi connectivity index (χ4n) is 2.52. The molecule has 0 aliphatic carbocycles. The lowest BCUT2D eigenvalue weighted by molar-refractivity contribution is 0.649. The summed E-state index contributed by atoms with van der Waals surface area (Å²) in [5.41, 5.74) is 10.1. The molecule has 0 bridgehead atoms. The van der Waals surface area contributed by atoms with Crippen LogP contribution in [-0.2, 0) is 6.42 Å². The van der Waals surface area contributed by atoms with E-state index >= 15 is 0 Å². The molecule has 2 aromatic heterocycles. The van der Waals surface area contributed by atoms with Crippen molar-refractivity contribution in [2.24, 2.45) is 5.92 Å². The third kappa shape index (κ3) is 2.13. The molecule has 0 atom stereocenters. The van der Waals surface area contributed by atoms with Gasteiger partial charge in [-0.25, -0.2) is 0 Å². The van der Waals surface area contributed by atoms with Crippen molar-refractivity contribution in [1.29, 1.82) is 0 Å². The van der Waals surface area contributed by atoms with E-state index in [0.29, 0.717) is 11.7 Å². The molecule has 2 heterocycles. The Hall–Kier alpha value is -2.36. The van der Waals surface area contributed by atoms with Crippen LogP contribution in [-0.4, -0.2) is 15.2 Å². The number of nitrogen functional groups attached to an aromatic ring is 1. The minimum atomic E-state index is 0.525. The van der Waals surface area contributed by atoms with Gasteiger partial charge in [-0.3, -0.25) is 10.1 Å². The Bertz CT molecular complexity index is 738. The molecule has 102 valence electrons. The van der Waals surface area contributed by atoms with E-state index < -0.39 is 0 Å². The molecule has 3 N–H and O–H groups in total. The van der Waals surface area contributed by atoms with E-state index in [1.807, 2.05) is 18.3 Å². The number of nitrogens with zero attached hydrogens (tertiary/aromatic N) is 2. The van der Waals surface area contributed by atoms with Gasteiger partial charge in [-0.15, -0.1) is 0 Å². The minimum absolute atomic E-state index is 0.525. The van der Waals surface area contributed by atoms with Gasteiger partial charge in [0.15, 0.2) is 0 Å². The van der Waals surface area contributed by atoms with Crippen LogP contribution in [0.2, 0.25) is 0 Å². The zero-order valence-corrected chi connectivity index (χ0v) is 11.7. The molecule has 0 spiro atoms. The number of aromatic nitrogens is 3. The molecule has 0 saturated heterocycles. The highest BCUT2D eigenvalue weighted by Crippen LogP contribution is 2.31. The summed E-state index contributed by atoms with van der Waals surface area (Å²) in [6, 6.07) is 10.2. The largest absolute Gasteiger partial charge is 0.382 e. The number of aromatic amines is 1. The van der Waals surface area contributed by atoms with Gasteiger partial charge in [-0.2, -0.15) is 5.10 Å². The normalized spacial score (nSPS) is 11.3. The van der Waals surface area contributed by atoms with E-state index in [4.69, 9.17) is 5.73 Å². The number of nitrogens with one attached hydrogen (secondary N) is 1. The monoisotopic (exact) mass is 266 g/mol. The molecule has 0 unspecified atom stereocenters. The Morgan fingerprint density at radius 1 is 1.20 bits per heavy atom. The number of anilines is 1. The van der Waals surface area contributed by atoms with Gasteiger partial charge in [0, 0.05) is 22.7 Å². The van der Waals surface area contributed by atoms with Crippen LogP contribution in [0, 0.1) is 5.92 Å². The van der Waals surface area contributed by atoms with Crippen molar-refractivity contribution in [3.8, 4) is 11.3 Å². The van der Waals surface area contributed by atoms with Gasteiger partial charge in [0.1, 0.15) is 5.82 Å². The van der Waals surface area contributed by atoms with Crippen LogP contribution in [0.15, 0.2) is 36.5 Å². The van der Waals surface area contributed by atoms with Crippen molar-refractivity contribution in [1.82, 2.24) is 15.2 Å². The lowest BCUT2D eigenvalue weighted by Gasteiger charge is -2.09. The molecule has 4 nitrogen and oxygen atoms in total. The molecule has 0 aliphatic rings. The Morgan fingerprint density at radius 3 is 2.80 bits per heavy atom. The Kier molecular flexibility index (Phi) is 3.14. The number of hydrogen-bond donors (Lipinski definition) is 2. The first kappa shape index (κ1) is 12.7. The van der Waals surface area contributed by atoms with Gasteiger partial charge < -0.3 is 5.73 Å². The first-order valence-electron chi connectivity index (χ1n) is 6.83. The van der Waals surface area contributed by atoms with Crippen molar-refractivity contribution in [2.45, 2.75) is 20.3 Å². The first-order valence-corrected chi connectivity index (χ1v) is 6.83. The lowest BCUT2D eigenvalue weighted by Crippen LogP contribution is -1.99. The van der Waals surface area contributed by atoms with E-state index in [1.165, 1.54) is 0 Å². The molecular weight excluding hydrogens is 248 g/mol. The van der Waals surface area contributed by atoms with Crippen molar-refractivity contribution in [3.63, 3.8) is 0 Å². The third-order valence-electron chi connectivity index (χ3n) is 3.41. The summed E-state index contributed by atoms with van der Waals surface area (Å²) >= 11 is 0. The second kappa shape index (κ2) is 4.96. The number of nitrogens with two attached hydrogens (primary N) is 1. The van der Waals surface area contributed by atoms with Crippen molar-refractivity contribution >= 4 is 16.7 Å². The lowest BCUT2D eigenvalue weighted by atomic mass is 9.98.